The molecule has 30 heavy (non-hydrogen) atoms. The van der Waals surface area contributed by atoms with E-state index in [1.165, 1.54) is 0 Å². The maximum Gasteiger partial charge on any atom is 0.596 e. The fourth-order valence-corrected chi connectivity index (χ4v) is 7.03. The van der Waals surface area contributed by atoms with Crippen molar-refractivity contribution in [3.05, 3.63) is 30.3 Å². The lowest BCUT2D eigenvalue weighted by Gasteiger charge is -2.29. The highest BCUT2D eigenvalue weighted by molar-refractivity contribution is 6.66. The molecular weight excluding hydrogens is 418 g/mol. The number of rotatable bonds is 18. The van der Waals surface area contributed by atoms with Crippen LogP contribution < -0.4 is 10.3 Å². The summed E-state index contributed by atoms with van der Waals surface area (Å²) in [6, 6.07) is 11.2. The van der Waals surface area contributed by atoms with E-state index < -0.39 is 17.5 Å². The highest BCUT2D eigenvalue weighted by Crippen LogP contribution is 2.16. The molecule has 0 atom stereocenters. The van der Waals surface area contributed by atoms with E-state index in [0.717, 1.165) is 37.9 Å². The molecule has 0 aliphatic rings. The summed E-state index contributed by atoms with van der Waals surface area (Å²) in [7, 11) is -0.0664. The zero-order chi connectivity index (χ0) is 22.3. The SMILES string of the molecule is CCO[Si](C)(CCCN(CCN[Si](OC)(OC)OC)CNc1ccccc1)OCC. The van der Waals surface area contributed by atoms with Crippen LogP contribution in [0.15, 0.2) is 30.3 Å². The first kappa shape index (κ1) is 27.2. The molecule has 0 saturated carbocycles. The molecule has 174 valence electrons. The average Bonchev–Trinajstić information content (AvgIpc) is 2.76. The molecule has 0 heterocycles. The normalized spacial score (nSPS) is 12.5. The van der Waals surface area contributed by atoms with E-state index in [0.29, 0.717) is 19.8 Å². The number of hydrogen-bond acceptors (Lipinski definition) is 8. The van der Waals surface area contributed by atoms with Crippen LogP contribution in [0.2, 0.25) is 12.6 Å². The zero-order valence-corrected chi connectivity index (χ0v) is 21.5. The second-order valence-electron chi connectivity index (χ2n) is 7.02. The van der Waals surface area contributed by atoms with Crippen molar-refractivity contribution in [2.45, 2.75) is 32.9 Å². The lowest BCUT2D eigenvalue weighted by Crippen LogP contribution is -2.58. The van der Waals surface area contributed by atoms with Gasteiger partial charge in [0.15, 0.2) is 0 Å². The quantitative estimate of drug-likeness (QED) is 0.256. The summed E-state index contributed by atoms with van der Waals surface area (Å²) in [5.41, 5.74) is 1.10. The maximum atomic E-state index is 5.98. The van der Waals surface area contributed by atoms with Crippen LogP contribution in [-0.4, -0.2) is 83.3 Å². The molecule has 8 nitrogen and oxygen atoms in total. The van der Waals surface area contributed by atoms with Crippen LogP contribution in [0.1, 0.15) is 20.3 Å². The van der Waals surface area contributed by atoms with E-state index in [-0.39, 0.29) is 0 Å². The van der Waals surface area contributed by atoms with Gasteiger partial charge < -0.3 is 27.4 Å². The smallest absolute Gasteiger partial charge is 0.395 e. The minimum absolute atomic E-state index is 0.698. The third-order valence-electron chi connectivity index (χ3n) is 4.86. The second-order valence-corrected chi connectivity index (χ2v) is 13.1. The summed E-state index contributed by atoms with van der Waals surface area (Å²) in [5.74, 6) is 0. The molecule has 2 N–H and O–H groups in total. The first-order chi connectivity index (χ1) is 14.5. The zero-order valence-electron chi connectivity index (χ0n) is 19.5. The van der Waals surface area contributed by atoms with Gasteiger partial charge in [0.2, 0.25) is 0 Å². The molecule has 1 rings (SSSR count). The molecule has 0 saturated heterocycles. The predicted octanol–water partition coefficient (Wildman–Crippen LogP) is 2.86. The first-order valence-corrected chi connectivity index (χ1v) is 14.9. The third kappa shape index (κ3) is 9.99. The molecule has 0 amide bonds. The Balaban J connectivity index is 2.62. The largest absolute Gasteiger partial charge is 0.596 e. The molecule has 0 aliphatic heterocycles. The van der Waals surface area contributed by atoms with Gasteiger partial charge in [0.05, 0.1) is 6.67 Å². The third-order valence-corrected chi connectivity index (χ3v) is 10.2. The Bertz CT molecular complexity index is 538. The Labute approximate surface area is 184 Å². The Kier molecular flexibility index (Phi) is 13.7. The number of hydrogen-bond donors (Lipinski definition) is 2. The fraction of sp³-hybridized carbons (Fsp3) is 0.700. The van der Waals surface area contributed by atoms with Crippen molar-refractivity contribution >= 4 is 23.2 Å². The van der Waals surface area contributed by atoms with Crippen molar-refractivity contribution in [2.75, 3.05) is 66.2 Å². The van der Waals surface area contributed by atoms with E-state index in [9.17, 15) is 0 Å². The van der Waals surface area contributed by atoms with Gasteiger partial charge in [-0.2, -0.15) is 0 Å². The predicted molar refractivity (Wildman–Crippen MR) is 126 cm³/mol. The van der Waals surface area contributed by atoms with Crippen molar-refractivity contribution in [1.82, 2.24) is 9.88 Å². The molecule has 0 fully saturated rings. The Morgan fingerprint density at radius 1 is 0.900 bits per heavy atom. The van der Waals surface area contributed by atoms with Crippen LogP contribution in [0.5, 0.6) is 0 Å². The standard InChI is InChI=1S/C20H41N3O5Si2/c1-7-27-29(6,28-8-2)18-12-16-23(19-21-20-13-10-9-11-14-20)17-15-22-30(24-3,25-4)26-5/h9-11,13-14,21-22H,7-8,12,15-19H2,1-6H3. The van der Waals surface area contributed by atoms with Gasteiger partial charge >= 0.3 is 17.5 Å². The maximum absolute atomic E-state index is 5.98. The molecule has 0 aliphatic carbocycles. The molecule has 1 aromatic rings. The topological polar surface area (TPSA) is 73.5 Å². The summed E-state index contributed by atoms with van der Waals surface area (Å²) in [6.07, 6.45) is 1.01. The molecule has 0 bridgehead atoms. The van der Waals surface area contributed by atoms with E-state index in [4.69, 9.17) is 22.1 Å². The molecule has 0 radical (unpaired) electrons. The van der Waals surface area contributed by atoms with Crippen LogP contribution in [0, 0.1) is 0 Å². The highest BCUT2D eigenvalue weighted by Gasteiger charge is 2.38. The van der Waals surface area contributed by atoms with Crippen LogP contribution in [0.25, 0.3) is 0 Å². The summed E-state index contributed by atoms with van der Waals surface area (Å²) in [4.78, 5) is 5.69. The van der Waals surface area contributed by atoms with Gasteiger partial charge in [0, 0.05) is 53.3 Å². The molecule has 1 aromatic carbocycles. The molecule has 0 spiro atoms. The summed E-state index contributed by atoms with van der Waals surface area (Å²) < 4.78 is 28.3. The molecule has 0 unspecified atom stereocenters. The van der Waals surface area contributed by atoms with Crippen LogP contribution in [0.4, 0.5) is 5.69 Å². The van der Waals surface area contributed by atoms with Crippen molar-refractivity contribution in [1.29, 1.82) is 0 Å². The van der Waals surface area contributed by atoms with Crippen molar-refractivity contribution in [2.24, 2.45) is 0 Å². The van der Waals surface area contributed by atoms with Crippen LogP contribution in [-0.2, 0) is 22.1 Å². The lowest BCUT2D eigenvalue weighted by atomic mass is 10.3. The number of nitrogens with zero attached hydrogens (tertiary/aromatic N) is 1. The monoisotopic (exact) mass is 459 g/mol. The van der Waals surface area contributed by atoms with Gasteiger partial charge in [-0.1, -0.05) is 18.2 Å². The summed E-state index contributed by atoms with van der Waals surface area (Å²) >= 11 is 0. The van der Waals surface area contributed by atoms with Gasteiger partial charge in [-0.05, 0) is 51.5 Å². The van der Waals surface area contributed by atoms with Gasteiger partial charge in [-0.25, -0.2) is 0 Å². The Hall–Kier alpha value is -0.826. The molecular formula is C20H41N3O5Si2. The fourth-order valence-electron chi connectivity index (χ4n) is 3.28. The summed E-state index contributed by atoms with van der Waals surface area (Å²) in [6.45, 7) is 10.8. The van der Waals surface area contributed by atoms with Gasteiger partial charge in [0.1, 0.15) is 0 Å². The Morgan fingerprint density at radius 2 is 1.50 bits per heavy atom. The summed E-state index contributed by atoms with van der Waals surface area (Å²) in [5, 5.41) is 3.50. The number of nitrogens with one attached hydrogen (secondary N) is 2. The van der Waals surface area contributed by atoms with E-state index in [1.54, 1.807) is 21.3 Å². The van der Waals surface area contributed by atoms with Crippen molar-refractivity contribution in [3.63, 3.8) is 0 Å². The van der Waals surface area contributed by atoms with Gasteiger partial charge in [0.25, 0.3) is 0 Å². The first-order valence-electron chi connectivity index (χ1n) is 10.7. The van der Waals surface area contributed by atoms with E-state index in [1.807, 2.05) is 32.0 Å². The molecule has 10 heteroatoms. The van der Waals surface area contributed by atoms with Crippen LogP contribution >= 0.6 is 0 Å². The van der Waals surface area contributed by atoms with Crippen LogP contribution in [0.3, 0.4) is 0 Å². The highest BCUT2D eigenvalue weighted by atomic mass is 28.4. The number of anilines is 1. The number of benzene rings is 1. The lowest BCUT2D eigenvalue weighted by molar-refractivity contribution is 0.109. The van der Waals surface area contributed by atoms with Crippen molar-refractivity contribution < 1.29 is 22.1 Å². The van der Waals surface area contributed by atoms with Gasteiger partial charge in [-0.3, -0.25) is 9.88 Å². The average molecular weight is 460 g/mol. The molecule has 0 aromatic heterocycles. The minimum atomic E-state index is -2.78. The van der Waals surface area contributed by atoms with Crippen molar-refractivity contribution in [3.8, 4) is 0 Å². The van der Waals surface area contributed by atoms with E-state index >= 15 is 0 Å². The van der Waals surface area contributed by atoms with E-state index in [2.05, 4.69) is 33.9 Å². The minimum Gasteiger partial charge on any atom is -0.395 e. The Morgan fingerprint density at radius 3 is 2.03 bits per heavy atom. The second kappa shape index (κ2) is 15.1. The van der Waals surface area contributed by atoms with Gasteiger partial charge in [-0.15, -0.1) is 0 Å². The number of para-hydroxylation sites is 1.